The number of aromatic nitrogens is 2. The highest BCUT2D eigenvalue weighted by molar-refractivity contribution is 6.07. The van der Waals surface area contributed by atoms with Crippen LogP contribution in [0.15, 0.2) is 43.0 Å². The van der Waals surface area contributed by atoms with Gasteiger partial charge in [-0.05, 0) is 31.4 Å². The summed E-state index contributed by atoms with van der Waals surface area (Å²) in [4.78, 5) is 21.6. The van der Waals surface area contributed by atoms with Gasteiger partial charge in [0.2, 0.25) is 5.91 Å². The summed E-state index contributed by atoms with van der Waals surface area (Å²) in [6.07, 6.45) is 4.70. The zero-order chi connectivity index (χ0) is 16.2. The van der Waals surface area contributed by atoms with Crippen molar-refractivity contribution in [3.63, 3.8) is 0 Å². The standard InChI is InChI=1S/C19H17N3O/c1-4-19(3)15-11(2)20-16(21-17(15)22-18(19)23)14-10-9-12-7-5-6-8-13(12)14/h4-8,10H,1,9H2,2-3H3,(H,20,21,22,23)/t19-/m0/s1. The van der Waals surface area contributed by atoms with Crippen LogP contribution in [0.3, 0.4) is 0 Å². The van der Waals surface area contributed by atoms with Crippen LogP contribution in [0.4, 0.5) is 5.82 Å². The molecule has 1 aromatic carbocycles. The molecule has 0 radical (unpaired) electrons. The maximum atomic E-state index is 12.3. The number of rotatable bonds is 2. The Morgan fingerprint density at radius 1 is 1.30 bits per heavy atom. The molecule has 0 fully saturated rings. The largest absolute Gasteiger partial charge is 0.309 e. The second-order valence-electron chi connectivity index (χ2n) is 6.20. The number of allylic oxidation sites excluding steroid dienone is 1. The molecule has 4 nitrogen and oxygen atoms in total. The van der Waals surface area contributed by atoms with Crippen LogP contribution in [0.2, 0.25) is 0 Å². The van der Waals surface area contributed by atoms with E-state index in [2.05, 4.69) is 40.1 Å². The number of fused-ring (bicyclic) bond motifs is 2. The van der Waals surface area contributed by atoms with E-state index in [-0.39, 0.29) is 5.91 Å². The van der Waals surface area contributed by atoms with Gasteiger partial charge in [0.1, 0.15) is 5.82 Å². The molecule has 2 aliphatic rings. The van der Waals surface area contributed by atoms with E-state index in [1.807, 2.05) is 26.0 Å². The van der Waals surface area contributed by atoms with Crippen molar-refractivity contribution >= 4 is 17.3 Å². The van der Waals surface area contributed by atoms with Crippen molar-refractivity contribution in [3.8, 4) is 0 Å². The lowest BCUT2D eigenvalue weighted by Crippen LogP contribution is -2.28. The Bertz CT molecular complexity index is 897. The molecule has 0 saturated heterocycles. The minimum absolute atomic E-state index is 0.0992. The van der Waals surface area contributed by atoms with Crippen molar-refractivity contribution in [2.45, 2.75) is 25.7 Å². The van der Waals surface area contributed by atoms with Gasteiger partial charge in [-0.3, -0.25) is 4.79 Å². The topological polar surface area (TPSA) is 54.9 Å². The molecule has 114 valence electrons. The van der Waals surface area contributed by atoms with Gasteiger partial charge in [-0.1, -0.05) is 36.4 Å². The van der Waals surface area contributed by atoms with Gasteiger partial charge >= 0.3 is 0 Å². The number of benzene rings is 1. The van der Waals surface area contributed by atoms with Gasteiger partial charge < -0.3 is 5.32 Å². The third-order valence-electron chi connectivity index (χ3n) is 4.80. The molecule has 4 heteroatoms. The second-order valence-corrected chi connectivity index (χ2v) is 6.20. The maximum Gasteiger partial charge on any atom is 0.239 e. The molecule has 1 aliphatic carbocycles. The number of hydrogen-bond acceptors (Lipinski definition) is 3. The Labute approximate surface area is 135 Å². The van der Waals surface area contributed by atoms with E-state index in [4.69, 9.17) is 0 Å². The van der Waals surface area contributed by atoms with E-state index in [0.717, 1.165) is 23.3 Å². The first-order chi connectivity index (χ1) is 11.0. The van der Waals surface area contributed by atoms with Gasteiger partial charge in [0, 0.05) is 16.8 Å². The van der Waals surface area contributed by atoms with Crippen LogP contribution in [0.5, 0.6) is 0 Å². The van der Waals surface area contributed by atoms with Crippen LogP contribution in [0.1, 0.15) is 35.1 Å². The van der Waals surface area contributed by atoms with Gasteiger partial charge in [-0.15, -0.1) is 6.58 Å². The van der Waals surface area contributed by atoms with Gasteiger partial charge in [-0.25, -0.2) is 9.97 Å². The number of anilines is 1. The van der Waals surface area contributed by atoms with E-state index in [1.165, 1.54) is 11.1 Å². The molecule has 2 aromatic rings. The van der Waals surface area contributed by atoms with Crippen LogP contribution < -0.4 is 5.32 Å². The molecule has 0 bridgehead atoms. The van der Waals surface area contributed by atoms with Crippen LogP contribution in [0.25, 0.3) is 5.57 Å². The molecule has 4 rings (SSSR count). The van der Waals surface area contributed by atoms with E-state index >= 15 is 0 Å². The van der Waals surface area contributed by atoms with Crippen LogP contribution in [-0.4, -0.2) is 15.9 Å². The SMILES string of the molecule is C=C[C@]1(C)C(=O)Nc2nc(C3=CCc4ccccc43)nc(C)c21. The van der Waals surface area contributed by atoms with Gasteiger partial charge in [0.25, 0.3) is 0 Å². The summed E-state index contributed by atoms with van der Waals surface area (Å²) in [6, 6.07) is 8.27. The van der Waals surface area contributed by atoms with Crippen molar-refractivity contribution in [1.82, 2.24) is 9.97 Å². The van der Waals surface area contributed by atoms with Crippen molar-refractivity contribution in [2.24, 2.45) is 0 Å². The lowest BCUT2D eigenvalue weighted by atomic mass is 9.84. The van der Waals surface area contributed by atoms with Gasteiger partial charge in [0.15, 0.2) is 5.82 Å². The summed E-state index contributed by atoms with van der Waals surface area (Å²) in [5.74, 6) is 1.17. The number of carbonyl (C=O) groups excluding carboxylic acids is 1. The summed E-state index contributed by atoms with van der Waals surface area (Å²) in [5, 5.41) is 2.88. The molecule has 1 aromatic heterocycles. The van der Waals surface area contributed by atoms with Crippen molar-refractivity contribution < 1.29 is 4.79 Å². The molecule has 1 amide bonds. The number of hydrogen-bond donors (Lipinski definition) is 1. The maximum absolute atomic E-state index is 12.3. The van der Waals surface area contributed by atoms with E-state index in [9.17, 15) is 4.79 Å². The number of aryl methyl sites for hydroxylation is 1. The lowest BCUT2D eigenvalue weighted by Gasteiger charge is -2.18. The zero-order valence-corrected chi connectivity index (χ0v) is 13.2. The summed E-state index contributed by atoms with van der Waals surface area (Å²) in [7, 11) is 0. The number of carbonyl (C=O) groups is 1. The normalized spacial score (nSPS) is 21.5. The minimum Gasteiger partial charge on any atom is -0.309 e. The Morgan fingerprint density at radius 3 is 2.87 bits per heavy atom. The van der Waals surface area contributed by atoms with E-state index < -0.39 is 5.41 Å². The first kappa shape index (κ1) is 13.9. The summed E-state index contributed by atoms with van der Waals surface area (Å²) in [5.41, 5.74) is 4.36. The Balaban J connectivity index is 1.87. The van der Waals surface area contributed by atoms with E-state index in [0.29, 0.717) is 11.6 Å². The van der Waals surface area contributed by atoms with Crippen molar-refractivity contribution in [3.05, 3.63) is 71.2 Å². The number of amides is 1. The Hall–Kier alpha value is -2.75. The zero-order valence-electron chi connectivity index (χ0n) is 13.2. The van der Waals surface area contributed by atoms with Crippen LogP contribution in [0, 0.1) is 6.92 Å². The van der Waals surface area contributed by atoms with Crippen LogP contribution in [-0.2, 0) is 16.6 Å². The second kappa shape index (κ2) is 4.62. The first-order valence-electron chi connectivity index (χ1n) is 7.67. The van der Waals surface area contributed by atoms with Crippen molar-refractivity contribution in [2.75, 3.05) is 5.32 Å². The molecule has 2 heterocycles. The van der Waals surface area contributed by atoms with Gasteiger partial charge in [-0.2, -0.15) is 0 Å². The quantitative estimate of drug-likeness (QED) is 0.867. The summed E-state index contributed by atoms with van der Waals surface area (Å²) < 4.78 is 0. The monoisotopic (exact) mass is 303 g/mol. The third-order valence-corrected chi connectivity index (χ3v) is 4.80. The first-order valence-corrected chi connectivity index (χ1v) is 7.67. The highest BCUT2D eigenvalue weighted by atomic mass is 16.2. The van der Waals surface area contributed by atoms with Crippen LogP contribution >= 0.6 is 0 Å². The molecule has 0 spiro atoms. The average molecular weight is 303 g/mol. The molecule has 1 N–H and O–H groups in total. The predicted octanol–water partition coefficient (Wildman–Crippen LogP) is 3.17. The lowest BCUT2D eigenvalue weighted by molar-refractivity contribution is -0.118. The fourth-order valence-electron chi connectivity index (χ4n) is 3.45. The highest BCUT2D eigenvalue weighted by Gasteiger charge is 2.43. The molecular formula is C19H17N3O. The average Bonchev–Trinajstić information content (AvgIpc) is 3.07. The molecular weight excluding hydrogens is 286 g/mol. The van der Waals surface area contributed by atoms with E-state index in [1.54, 1.807) is 6.08 Å². The smallest absolute Gasteiger partial charge is 0.239 e. The molecule has 0 saturated carbocycles. The molecule has 1 aliphatic heterocycles. The summed E-state index contributed by atoms with van der Waals surface area (Å²) in [6.45, 7) is 7.58. The predicted molar refractivity (Wildman–Crippen MR) is 90.2 cm³/mol. The third kappa shape index (κ3) is 1.81. The fourth-order valence-corrected chi connectivity index (χ4v) is 3.45. The minimum atomic E-state index is -0.764. The Kier molecular flexibility index (Phi) is 2.79. The molecule has 0 unspecified atom stereocenters. The highest BCUT2D eigenvalue weighted by Crippen LogP contribution is 2.40. The summed E-state index contributed by atoms with van der Waals surface area (Å²) >= 11 is 0. The Morgan fingerprint density at radius 2 is 2.09 bits per heavy atom. The number of nitrogens with one attached hydrogen (secondary N) is 1. The van der Waals surface area contributed by atoms with Crippen molar-refractivity contribution in [1.29, 1.82) is 0 Å². The molecule has 1 atom stereocenters. The van der Waals surface area contributed by atoms with Gasteiger partial charge in [0.05, 0.1) is 5.41 Å². The molecule has 23 heavy (non-hydrogen) atoms. The fraction of sp³-hybridized carbons (Fsp3) is 0.211. The number of nitrogens with zero attached hydrogens (tertiary/aromatic N) is 2.